The third kappa shape index (κ3) is 4.15. The zero-order valence-corrected chi connectivity index (χ0v) is 18.1. The normalized spacial score (nSPS) is 11.0. The van der Waals surface area contributed by atoms with Gasteiger partial charge in [-0.1, -0.05) is 29.9 Å². The Hall–Kier alpha value is -2.97. The van der Waals surface area contributed by atoms with Crippen molar-refractivity contribution < 1.29 is 9.53 Å². The average molecular weight is 442 g/mol. The van der Waals surface area contributed by atoms with Crippen LogP contribution in [0.5, 0.6) is 5.75 Å². The van der Waals surface area contributed by atoms with Gasteiger partial charge in [0.05, 0.1) is 11.6 Å². The lowest BCUT2D eigenvalue weighted by Crippen LogP contribution is -2.11. The predicted molar refractivity (Wildman–Crippen MR) is 119 cm³/mol. The minimum Gasteiger partial charge on any atom is -0.492 e. The van der Waals surface area contributed by atoms with Gasteiger partial charge in [0.1, 0.15) is 10.8 Å². The molecule has 9 heteroatoms. The van der Waals surface area contributed by atoms with Crippen molar-refractivity contribution in [1.82, 2.24) is 19.8 Å². The molecule has 0 saturated heterocycles. The average Bonchev–Trinajstić information content (AvgIpc) is 3.32. The van der Waals surface area contributed by atoms with Crippen molar-refractivity contribution in [3.05, 3.63) is 58.9 Å². The van der Waals surface area contributed by atoms with Gasteiger partial charge in [-0.15, -0.1) is 10.2 Å². The van der Waals surface area contributed by atoms with Gasteiger partial charge in [0.2, 0.25) is 4.96 Å². The molecule has 0 saturated carbocycles. The quantitative estimate of drug-likeness (QED) is 0.431. The minimum absolute atomic E-state index is 0.240. The van der Waals surface area contributed by atoms with E-state index in [0.717, 1.165) is 34.2 Å². The zero-order valence-electron chi connectivity index (χ0n) is 16.6. The molecule has 154 valence electrons. The van der Waals surface area contributed by atoms with E-state index in [9.17, 15) is 4.79 Å². The molecule has 0 unspecified atom stereocenters. The van der Waals surface area contributed by atoms with E-state index in [0.29, 0.717) is 28.6 Å². The summed E-state index contributed by atoms with van der Waals surface area (Å²) >= 11 is 7.66. The van der Waals surface area contributed by atoms with E-state index in [1.165, 1.54) is 11.3 Å². The van der Waals surface area contributed by atoms with Crippen LogP contribution in [0.3, 0.4) is 0 Å². The fourth-order valence-corrected chi connectivity index (χ4v) is 4.07. The van der Waals surface area contributed by atoms with E-state index in [4.69, 9.17) is 16.3 Å². The van der Waals surface area contributed by atoms with Gasteiger partial charge in [-0.25, -0.2) is 0 Å². The number of carbonyl (C=O) groups excluding carboxylic acids is 1. The molecule has 0 atom stereocenters. The first kappa shape index (κ1) is 20.3. The first-order valence-electron chi connectivity index (χ1n) is 9.64. The summed E-state index contributed by atoms with van der Waals surface area (Å²) in [6.45, 7) is 4.49. The molecule has 7 nitrogen and oxygen atoms in total. The fourth-order valence-electron chi connectivity index (χ4n) is 2.97. The third-order valence-electron chi connectivity index (χ3n) is 4.41. The molecule has 30 heavy (non-hydrogen) atoms. The third-order valence-corrected chi connectivity index (χ3v) is 5.66. The van der Waals surface area contributed by atoms with Gasteiger partial charge in [-0.3, -0.25) is 4.79 Å². The smallest absolute Gasteiger partial charge is 0.255 e. The number of benzene rings is 2. The molecule has 0 bridgehead atoms. The minimum atomic E-state index is -0.240. The molecule has 0 fully saturated rings. The van der Waals surface area contributed by atoms with Crippen molar-refractivity contribution in [1.29, 1.82) is 0 Å². The molecule has 4 rings (SSSR count). The number of hydrogen-bond donors (Lipinski definition) is 1. The molecule has 4 aromatic rings. The Balaban J connectivity index is 1.48. The van der Waals surface area contributed by atoms with Crippen LogP contribution in [0.4, 0.5) is 5.69 Å². The Morgan fingerprint density at radius 1 is 1.17 bits per heavy atom. The summed E-state index contributed by atoms with van der Waals surface area (Å²) in [4.78, 5) is 13.3. The highest BCUT2D eigenvalue weighted by Gasteiger charge is 2.13. The van der Waals surface area contributed by atoms with Crippen molar-refractivity contribution in [3.8, 4) is 16.3 Å². The summed E-state index contributed by atoms with van der Waals surface area (Å²) in [5, 5.41) is 17.1. The second kappa shape index (κ2) is 8.81. The second-order valence-corrected chi connectivity index (χ2v) is 7.94. The first-order chi connectivity index (χ1) is 14.6. The number of carbonyl (C=O) groups is 1. The SMILES string of the molecule is CCCc1nnc2sc(-c3ccc(NC(=O)c4ccc(OCC)c(Cl)c4)cc3)nn12. The van der Waals surface area contributed by atoms with Crippen LogP contribution in [-0.4, -0.2) is 32.3 Å². The maximum Gasteiger partial charge on any atom is 0.255 e. The van der Waals surface area contributed by atoms with E-state index >= 15 is 0 Å². The number of anilines is 1. The zero-order chi connectivity index (χ0) is 21.1. The van der Waals surface area contributed by atoms with Gasteiger partial charge < -0.3 is 10.1 Å². The van der Waals surface area contributed by atoms with Crippen LogP contribution in [0.1, 0.15) is 36.5 Å². The molecule has 2 aromatic carbocycles. The molecule has 1 amide bonds. The fraction of sp³-hybridized carbons (Fsp3) is 0.238. The number of nitrogens with one attached hydrogen (secondary N) is 1. The van der Waals surface area contributed by atoms with E-state index in [2.05, 4.69) is 27.5 Å². The summed E-state index contributed by atoms with van der Waals surface area (Å²) in [7, 11) is 0. The van der Waals surface area contributed by atoms with Crippen LogP contribution in [0.2, 0.25) is 5.02 Å². The number of ether oxygens (including phenoxy) is 1. The number of rotatable bonds is 7. The second-order valence-electron chi connectivity index (χ2n) is 6.58. The molecule has 0 aliphatic heterocycles. The molecule has 2 aromatic heterocycles. The molecule has 0 spiro atoms. The van der Waals surface area contributed by atoms with Crippen LogP contribution >= 0.6 is 22.9 Å². The molecule has 2 heterocycles. The van der Waals surface area contributed by atoms with Gasteiger partial charge in [0.25, 0.3) is 5.91 Å². The topological polar surface area (TPSA) is 81.4 Å². The highest BCUT2D eigenvalue weighted by molar-refractivity contribution is 7.19. The Morgan fingerprint density at radius 2 is 1.97 bits per heavy atom. The van der Waals surface area contributed by atoms with E-state index in [1.807, 2.05) is 31.2 Å². The van der Waals surface area contributed by atoms with E-state index < -0.39 is 0 Å². The summed E-state index contributed by atoms with van der Waals surface area (Å²) in [5.74, 6) is 1.19. The molecule has 0 radical (unpaired) electrons. The standard InChI is InChI=1S/C21H20ClN5O2S/c1-3-5-18-24-25-21-27(18)26-20(30-21)13-6-9-15(10-7-13)23-19(28)14-8-11-17(29-4-2)16(22)12-14/h6-12H,3-5H2,1-2H3,(H,23,28). The van der Waals surface area contributed by atoms with Gasteiger partial charge in [0.15, 0.2) is 5.82 Å². The maximum absolute atomic E-state index is 12.5. The Bertz CT molecular complexity index is 1190. The highest BCUT2D eigenvalue weighted by Crippen LogP contribution is 2.28. The van der Waals surface area contributed by atoms with Gasteiger partial charge in [0, 0.05) is 23.2 Å². The number of aryl methyl sites for hydroxylation is 1. The van der Waals surface area contributed by atoms with Crippen molar-refractivity contribution in [3.63, 3.8) is 0 Å². The number of fused-ring (bicyclic) bond motifs is 1. The molecule has 0 aliphatic carbocycles. The molecule has 0 aliphatic rings. The Labute approximate surface area is 182 Å². The maximum atomic E-state index is 12.5. The summed E-state index contributed by atoms with van der Waals surface area (Å²) < 4.78 is 7.20. The van der Waals surface area contributed by atoms with Crippen LogP contribution in [0.15, 0.2) is 42.5 Å². The van der Waals surface area contributed by atoms with E-state index in [-0.39, 0.29) is 5.91 Å². The number of nitrogens with zero attached hydrogens (tertiary/aromatic N) is 4. The molecular formula is C21H20ClN5O2S. The Kier molecular flexibility index (Phi) is 5.96. The lowest BCUT2D eigenvalue weighted by molar-refractivity contribution is 0.102. The Morgan fingerprint density at radius 3 is 2.67 bits per heavy atom. The number of halogens is 1. The van der Waals surface area contributed by atoms with Crippen LogP contribution in [0.25, 0.3) is 15.5 Å². The monoisotopic (exact) mass is 441 g/mol. The van der Waals surface area contributed by atoms with Crippen molar-refractivity contribution >= 4 is 39.5 Å². The number of aromatic nitrogens is 4. The van der Waals surface area contributed by atoms with E-state index in [1.54, 1.807) is 22.7 Å². The van der Waals surface area contributed by atoms with Crippen LogP contribution in [0, 0.1) is 0 Å². The largest absolute Gasteiger partial charge is 0.492 e. The summed E-state index contributed by atoms with van der Waals surface area (Å²) in [5.41, 5.74) is 2.10. The number of amides is 1. The van der Waals surface area contributed by atoms with Crippen molar-refractivity contribution in [2.45, 2.75) is 26.7 Å². The van der Waals surface area contributed by atoms with Crippen LogP contribution < -0.4 is 10.1 Å². The molecular weight excluding hydrogens is 422 g/mol. The van der Waals surface area contributed by atoms with Gasteiger partial charge >= 0.3 is 0 Å². The van der Waals surface area contributed by atoms with Crippen LogP contribution in [-0.2, 0) is 6.42 Å². The summed E-state index contributed by atoms with van der Waals surface area (Å²) in [6, 6.07) is 12.5. The van der Waals surface area contributed by atoms with Crippen molar-refractivity contribution in [2.24, 2.45) is 0 Å². The van der Waals surface area contributed by atoms with Crippen molar-refractivity contribution in [2.75, 3.05) is 11.9 Å². The van der Waals surface area contributed by atoms with Gasteiger partial charge in [-0.2, -0.15) is 9.61 Å². The number of hydrogen-bond acceptors (Lipinski definition) is 6. The summed E-state index contributed by atoms with van der Waals surface area (Å²) in [6.07, 6.45) is 1.83. The first-order valence-corrected chi connectivity index (χ1v) is 10.8. The van der Waals surface area contributed by atoms with Gasteiger partial charge in [-0.05, 0) is 55.8 Å². The highest BCUT2D eigenvalue weighted by atomic mass is 35.5. The lowest BCUT2D eigenvalue weighted by Gasteiger charge is -2.09. The predicted octanol–water partition coefficient (Wildman–Crippen LogP) is 5.11. The molecule has 1 N–H and O–H groups in total. The lowest BCUT2D eigenvalue weighted by atomic mass is 10.2.